The summed E-state index contributed by atoms with van der Waals surface area (Å²) in [6.07, 6.45) is 1.62. The molecule has 0 bridgehead atoms. The Balaban J connectivity index is 1.52. The van der Waals surface area contributed by atoms with E-state index in [1.807, 2.05) is 36.4 Å². The molecule has 7 heteroatoms. The van der Waals surface area contributed by atoms with Gasteiger partial charge in [-0.25, -0.2) is 4.98 Å². The van der Waals surface area contributed by atoms with Crippen LogP contribution in [0.2, 0.25) is 5.02 Å². The number of H-pyrrole nitrogens is 1. The quantitative estimate of drug-likeness (QED) is 0.709. The largest absolute Gasteiger partial charge is 0.379 e. The normalized spacial score (nSPS) is 16.3. The molecule has 2 heterocycles. The lowest BCUT2D eigenvalue weighted by Crippen LogP contribution is -2.44. The van der Waals surface area contributed by atoms with Crippen molar-refractivity contribution in [3.63, 3.8) is 0 Å². The molecular weight excluding hydrogens is 364 g/mol. The van der Waals surface area contributed by atoms with Gasteiger partial charge in [0.05, 0.1) is 36.6 Å². The minimum absolute atomic E-state index is 0.00226. The summed E-state index contributed by atoms with van der Waals surface area (Å²) >= 11 is 6.44. The zero-order chi connectivity index (χ0) is 18.6. The van der Waals surface area contributed by atoms with E-state index in [9.17, 15) is 4.79 Å². The first-order chi connectivity index (χ1) is 13.2. The number of aromatic nitrogens is 2. The second kappa shape index (κ2) is 8.08. The third kappa shape index (κ3) is 3.98. The number of ether oxygens (including phenoxy) is 1. The van der Waals surface area contributed by atoms with Gasteiger partial charge in [-0.3, -0.25) is 9.69 Å². The number of hydrogen-bond acceptors (Lipinski definition) is 4. The third-order valence-electron chi connectivity index (χ3n) is 4.89. The van der Waals surface area contributed by atoms with E-state index in [0.717, 1.165) is 29.7 Å². The van der Waals surface area contributed by atoms with E-state index in [0.29, 0.717) is 30.3 Å². The van der Waals surface area contributed by atoms with Gasteiger partial charge >= 0.3 is 0 Å². The highest BCUT2D eigenvalue weighted by molar-refractivity contribution is 6.31. The molecule has 1 atom stereocenters. The molecular formula is C20H21ClN4O2. The van der Waals surface area contributed by atoms with Gasteiger partial charge < -0.3 is 15.0 Å². The van der Waals surface area contributed by atoms with Crippen molar-refractivity contribution in [1.29, 1.82) is 0 Å². The molecule has 1 unspecified atom stereocenters. The molecule has 1 aliphatic rings. The van der Waals surface area contributed by atoms with Crippen molar-refractivity contribution in [3.05, 3.63) is 64.9 Å². The number of nitrogens with one attached hydrogen (secondary N) is 2. The van der Waals surface area contributed by atoms with Gasteiger partial charge in [0, 0.05) is 30.2 Å². The fraction of sp³-hybridized carbons (Fsp3) is 0.300. The summed E-state index contributed by atoms with van der Waals surface area (Å²) in [6, 6.07) is 13.2. The van der Waals surface area contributed by atoms with Gasteiger partial charge in [0.15, 0.2) is 0 Å². The molecule has 1 saturated heterocycles. The summed E-state index contributed by atoms with van der Waals surface area (Å²) in [7, 11) is 0. The number of fused-ring (bicyclic) bond motifs is 1. The van der Waals surface area contributed by atoms with Crippen LogP contribution in [0.4, 0.5) is 0 Å². The highest BCUT2D eigenvalue weighted by Crippen LogP contribution is 2.28. The zero-order valence-corrected chi connectivity index (χ0v) is 15.6. The second-order valence-corrected chi connectivity index (χ2v) is 6.94. The first kappa shape index (κ1) is 18.0. The molecule has 0 aliphatic carbocycles. The Hall–Kier alpha value is -2.41. The predicted molar refractivity (Wildman–Crippen MR) is 105 cm³/mol. The zero-order valence-electron chi connectivity index (χ0n) is 14.8. The lowest BCUT2D eigenvalue weighted by atomic mass is 10.0. The SMILES string of the molecule is O=C(NCC(c1ccccc1Cl)N1CCOCC1)c1ccc2nc[nH]c2c1. The summed E-state index contributed by atoms with van der Waals surface area (Å²) in [4.78, 5) is 22.2. The number of amides is 1. The molecule has 6 nitrogen and oxygen atoms in total. The van der Waals surface area contributed by atoms with Gasteiger partial charge in [-0.15, -0.1) is 0 Å². The number of carbonyl (C=O) groups is 1. The van der Waals surface area contributed by atoms with E-state index in [1.54, 1.807) is 12.4 Å². The Morgan fingerprint density at radius 2 is 2.07 bits per heavy atom. The number of aromatic amines is 1. The topological polar surface area (TPSA) is 70.2 Å². The first-order valence-electron chi connectivity index (χ1n) is 9.00. The maximum atomic E-state index is 12.7. The molecule has 0 radical (unpaired) electrons. The van der Waals surface area contributed by atoms with Crippen LogP contribution in [0.25, 0.3) is 11.0 Å². The number of nitrogens with zero attached hydrogens (tertiary/aromatic N) is 2. The highest BCUT2D eigenvalue weighted by Gasteiger charge is 2.25. The Morgan fingerprint density at radius 1 is 1.26 bits per heavy atom. The fourth-order valence-electron chi connectivity index (χ4n) is 3.44. The summed E-state index contributed by atoms with van der Waals surface area (Å²) in [5, 5.41) is 3.77. The summed E-state index contributed by atoms with van der Waals surface area (Å²) in [5.74, 6) is -0.114. The minimum atomic E-state index is -0.114. The molecule has 1 aliphatic heterocycles. The van der Waals surface area contributed by atoms with Crippen LogP contribution in [0.3, 0.4) is 0 Å². The standard InChI is InChI=1S/C20H21ClN4O2/c21-16-4-2-1-3-15(16)19(25-7-9-27-10-8-25)12-22-20(26)14-5-6-17-18(11-14)24-13-23-17/h1-6,11,13,19H,7-10,12H2,(H,22,26)(H,23,24). The van der Waals surface area contributed by atoms with Crippen LogP contribution in [0.15, 0.2) is 48.8 Å². The molecule has 27 heavy (non-hydrogen) atoms. The number of benzene rings is 2. The number of carbonyl (C=O) groups excluding carboxylic acids is 1. The Morgan fingerprint density at radius 3 is 2.89 bits per heavy atom. The molecule has 0 saturated carbocycles. The van der Waals surface area contributed by atoms with E-state index in [4.69, 9.17) is 16.3 Å². The van der Waals surface area contributed by atoms with Gasteiger partial charge in [0.2, 0.25) is 0 Å². The second-order valence-electron chi connectivity index (χ2n) is 6.53. The van der Waals surface area contributed by atoms with Crippen molar-refractivity contribution in [2.45, 2.75) is 6.04 Å². The molecule has 4 rings (SSSR count). The summed E-state index contributed by atoms with van der Waals surface area (Å²) < 4.78 is 5.47. The maximum Gasteiger partial charge on any atom is 0.251 e. The molecule has 1 aromatic heterocycles. The maximum absolute atomic E-state index is 12.7. The first-order valence-corrected chi connectivity index (χ1v) is 9.38. The van der Waals surface area contributed by atoms with Crippen molar-refractivity contribution < 1.29 is 9.53 Å². The number of hydrogen-bond donors (Lipinski definition) is 2. The van der Waals surface area contributed by atoms with Gasteiger partial charge in [-0.1, -0.05) is 29.8 Å². The van der Waals surface area contributed by atoms with Crippen LogP contribution in [-0.4, -0.2) is 53.6 Å². The number of rotatable bonds is 5. The van der Waals surface area contributed by atoms with Gasteiger partial charge in [-0.2, -0.15) is 0 Å². The average Bonchev–Trinajstić information content (AvgIpc) is 3.18. The summed E-state index contributed by atoms with van der Waals surface area (Å²) in [6.45, 7) is 3.47. The molecule has 1 amide bonds. The van der Waals surface area contributed by atoms with Crippen LogP contribution < -0.4 is 5.32 Å². The minimum Gasteiger partial charge on any atom is -0.379 e. The predicted octanol–water partition coefficient (Wildman–Crippen LogP) is 3.02. The Kier molecular flexibility index (Phi) is 5.38. The Labute approximate surface area is 162 Å². The molecule has 140 valence electrons. The number of morpholine rings is 1. The van der Waals surface area contributed by atoms with E-state index < -0.39 is 0 Å². The van der Waals surface area contributed by atoms with Crippen molar-refractivity contribution in [1.82, 2.24) is 20.2 Å². The van der Waals surface area contributed by atoms with Crippen LogP contribution in [0.5, 0.6) is 0 Å². The van der Waals surface area contributed by atoms with Crippen LogP contribution >= 0.6 is 11.6 Å². The lowest BCUT2D eigenvalue weighted by molar-refractivity contribution is 0.0162. The van der Waals surface area contributed by atoms with E-state index in [-0.39, 0.29) is 11.9 Å². The summed E-state index contributed by atoms with van der Waals surface area (Å²) in [5.41, 5.74) is 3.31. The molecule has 3 aromatic rings. The third-order valence-corrected chi connectivity index (χ3v) is 5.23. The van der Waals surface area contributed by atoms with Gasteiger partial charge in [-0.05, 0) is 29.8 Å². The lowest BCUT2D eigenvalue weighted by Gasteiger charge is -2.35. The van der Waals surface area contributed by atoms with Crippen LogP contribution in [0, 0.1) is 0 Å². The van der Waals surface area contributed by atoms with E-state index >= 15 is 0 Å². The van der Waals surface area contributed by atoms with Crippen molar-refractivity contribution in [2.75, 3.05) is 32.8 Å². The van der Waals surface area contributed by atoms with Crippen LogP contribution in [-0.2, 0) is 4.74 Å². The van der Waals surface area contributed by atoms with Gasteiger partial charge in [0.25, 0.3) is 5.91 Å². The average molecular weight is 385 g/mol. The van der Waals surface area contributed by atoms with Crippen molar-refractivity contribution in [3.8, 4) is 0 Å². The van der Waals surface area contributed by atoms with E-state index in [1.165, 1.54) is 0 Å². The molecule has 2 N–H and O–H groups in total. The van der Waals surface area contributed by atoms with Crippen LogP contribution in [0.1, 0.15) is 22.0 Å². The van der Waals surface area contributed by atoms with E-state index in [2.05, 4.69) is 20.2 Å². The van der Waals surface area contributed by atoms with Gasteiger partial charge in [0.1, 0.15) is 0 Å². The van der Waals surface area contributed by atoms with Crippen molar-refractivity contribution in [2.24, 2.45) is 0 Å². The number of imidazole rings is 1. The molecule has 2 aromatic carbocycles. The number of halogens is 1. The molecule has 0 spiro atoms. The van der Waals surface area contributed by atoms with Crippen molar-refractivity contribution >= 4 is 28.5 Å². The fourth-order valence-corrected chi connectivity index (χ4v) is 3.70. The molecule has 1 fully saturated rings. The monoisotopic (exact) mass is 384 g/mol. The highest BCUT2D eigenvalue weighted by atomic mass is 35.5. The Bertz CT molecular complexity index is 936. The smallest absolute Gasteiger partial charge is 0.251 e.